The van der Waals surface area contributed by atoms with E-state index in [4.69, 9.17) is 9.02 Å². The maximum atomic E-state index is 12.5. The van der Waals surface area contributed by atoms with Gasteiger partial charge in [-0.25, -0.2) is 0 Å². The van der Waals surface area contributed by atoms with E-state index >= 15 is 0 Å². The molecule has 0 amide bonds. The van der Waals surface area contributed by atoms with Crippen LogP contribution in [-0.4, -0.2) is 14.1 Å². The van der Waals surface area contributed by atoms with Gasteiger partial charge in [0.2, 0.25) is 0 Å². The van der Waals surface area contributed by atoms with E-state index in [0.29, 0.717) is 24.5 Å². The zero-order valence-corrected chi connectivity index (χ0v) is 17.6. The van der Waals surface area contributed by atoms with Crippen molar-refractivity contribution in [3.63, 3.8) is 0 Å². The van der Waals surface area contributed by atoms with E-state index in [1.165, 1.54) is 12.1 Å². The molecule has 1 aliphatic carbocycles. The minimum Gasteiger partial charge on any atom is -0.489 e. The van der Waals surface area contributed by atoms with Crippen molar-refractivity contribution in [2.45, 2.75) is 37.7 Å². The molecule has 0 saturated heterocycles. The summed E-state index contributed by atoms with van der Waals surface area (Å²) in [5, 5.41) is 4.03. The fraction of sp³-hybridized carbons (Fsp3) is 0.208. The molecule has 0 heterocycles. The maximum Gasteiger partial charge on any atom is 0.358 e. The van der Waals surface area contributed by atoms with Gasteiger partial charge in [0.15, 0.2) is 0 Å². The Bertz CT molecular complexity index is 1150. The normalized spacial score (nSPS) is 14.9. The van der Waals surface area contributed by atoms with E-state index in [1.54, 1.807) is 12.1 Å². The zero-order chi connectivity index (χ0) is 21.0. The van der Waals surface area contributed by atoms with Gasteiger partial charge in [-0.15, -0.1) is 0 Å². The van der Waals surface area contributed by atoms with Crippen molar-refractivity contribution in [3.05, 3.63) is 95.1 Å². The number of fused-ring (bicyclic) bond motifs is 1. The Morgan fingerprint density at radius 3 is 2.47 bits per heavy atom. The number of hydrogen-bond acceptors (Lipinski definition) is 5. The summed E-state index contributed by atoms with van der Waals surface area (Å²) in [6, 6.07) is 22.3. The first kappa shape index (κ1) is 20.2. The predicted octanol–water partition coefficient (Wildman–Crippen LogP) is 5.02. The summed E-state index contributed by atoms with van der Waals surface area (Å²) in [5.41, 5.74) is 4.67. The van der Waals surface area contributed by atoms with Gasteiger partial charge in [0, 0.05) is 5.56 Å². The minimum atomic E-state index is -3.95. The first-order valence-corrected chi connectivity index (χ1v) is 11.3. The molecule has 0 atom stereocenters. The zero-order valence-electron chi connectivity index (χ0n) is 16.7. The fourth-order valence-corrected chi connectivity index (χ4v) is 4.13. The van der Waals surface area contributed by atoms with Crippen molar-refractivity contribution in [2.24, 2.45) is 5.16 Å². The Balaban J connectivity index is 1.54. The van der Waals surface area contributed by atoms with Crippen molar-refractivity contribution >= 4 is 15.8 Å². The first-order valence-electron chi connectivity index (χ1n) is 9.88. The van der Waals surface area contributed by atoms with Crippen LogP contribution in [0.3, 0.4) is 0 Å². The number of hydrogen-bond donors (Lipinski definition) is 0. The average molecular weight is 422 g/mol. The fourth-order valence-electron chi connectivity index (χ4n) is 3.39. The molecule has 0 aliphatic heterocycles. The first-order chi connectivity index (χ1) is 14.5. The molecule has 0 bridgehead atoms. The smallest absolute Gasteiger partial charge is 0.358 e. The number of ether oxygens (including phenoxy) is 1. The van der Waals surface area contributed by atoms with Gasteiger partial charge in [-0.05, 0) is 61.6 Å². The quantitative estimate of drug-likeness (QED) is 0.524. The van der Waals surface area contributed by atoms with E-state index in [-0.39, 0.29) is 4.90 Å². The molecule has 30 heavy (non-hydrogen) atoms. The van der Waals surface area contributed by atoms with Gasteiger partial charge in [-0.3, -0.25) is 4.28 Å². The van der Waals surface area contributed by atoms with Gasteiger partial charge in [0.05, 0.1) is 5.71 Å². The van der Waals surface area contributed by atoms with E-state index < -0.39 is 10.1 Å². The van der Waals surface area contributed by atoms with Gasteiger partial charge < -0.3 is 4.74 Å². The third kappa shape index (κ3) is 4.71. The van der Waals surface area contributed by atoms with Crippen LogP contribution >= 0.6 is 0 Å². The largest absolute Gasteiger partial charge is 0.489 e. The van der Waals surface area contributed by atoms with Crippen LogP contribution in [0.15, 0.2) is 82.8 Å². The van der Waals surface area contributed by atoms with E-state index in [1.807, 2.05) is 55.5 Å². The summed E-state index contributed by atoms with van der Waals surface area (Å²) >= 11 is 0. The molecule has 6 heteroatoms. The van der Waals surface area contributed by atoms with Gasteiger partial charge in [0.1, 0.15) is 17.3 Å². The standard InChI is InChI=1S/C24H23NO4S/c1-18-10-14-22(15-11-18)30(26,27)29-25-24-9-5-8-20-12-13-21(16-23(20)24)28-17-19-6-3-2-4-7-19/h2-4,6-7,10-16H,5,8-9,17H2,1H3. The molecule has 0 spiro atoms. The third-order valence-corrected chi connectivity index (χ3v) is 6.18. The van der Waals surface area contributed by atoms with Crippen LogP contribution in [0.5, 0.6) is 5.75 Å². The Morgan fingerprint density at radius 1 is 0.933 bits per heavy atom. The van der Waals surface area contributed by atoms with Crippen molar-refractivity contribution in [3.8, 4) is 5.75 Å². The van der Waals surface area contributed by atoms with Crippen LogP contribution in [0.25, 0.3) is 0 Å². The van der Waals surface area contributed by atoms with Gasteiger partial charge in [0.25, 0.3) is 0 Å². The highest BCUT2D eigenvalue weighted by molar-refractivity contribution is 7.86. The Hall–Kier alpha value is -3.12. The second-order valence-corrected chi connectivity index (χ2v) is 8.86. The second-order valence-electron chi connectivity index (χ2n) is 7.33. The van der Waals surface area contributed by atoms with Crippen LogP contribution in [0.2, 0.25) is 0 Å². The summed E-state index contributed by atoms with van der Waals surface area (Å²) in [5.74, 6) is 0.716. The molecule has 0 saturated carbocycles. The predicted molar refractivity (Wildman–Crippen MR) is 116 cm³/mol. The van der Waals surface area contributed by atoms with Crippen LogP contribution in [0.4, 0.5) is 0 Å². The Kier molecular flexibility index (Phi) is 5.86. The molecule has 0 N–H and O–H groups in total. The average Bonchev–Trinajstić information content (AvgIpc) is 2.77. The highest BCUT2D eigenvalue weighted by atomic mass is 32.2. The minimum absolute atomic E-state index is 0.0911. The van der Waals surface area contributed by atoms with Crippen molar-refractivity contribution in [2.75, 3.05) is 0 Å². The van der Waals surface area contributed by atoms with Gasteiger partial charge >= 0.3 is 10.1 Å². The SMILES string of the molecule is Cc1ccc(S(=O)(=O)ON=C2CCCc3ccc(OCc4ccccc4)cc32)cc1. The molecule has 3 aromatic rings. The molecule has 3 aromatic carbocycles. The lowest BCUT2D eigenvalue weighted by Crippen LogP contribution is -2.14. The van der Waals surface area contributed by atoms with Gasteiger partial charge in [-0.2, -0.15) is 8.42 Å². The highest BCUT2D eigenvalue weighted by Crippen LogP contribution is 2.27. The van der Waals surface area contributed by atoms with E-state index in [0.717, 1.165) is 35.1 Å². The molecule has 4 rings (SSSR count). The summed E-state index contributed by atoms with van der Waals surface area (Å²) in [4.78, 5) is 0.0911. The van der Waals surface area contributed by atoms with Crippen LogP contribution in [-0.2, 0) is 27.4 Å². The molecule has 154 valence electrons. The number of nitrogens with zero attached hydrogens (tertiary/aromatic N) is 1. The molecule has 0 aromatic heterocycles. The Morgan fingerprint density at radius 2 is 1.70 bits per heavy atom. The van der Waals surface area contributed by atoms with Crippen LogP contribution in [0, 0.1) is 6.92 Å². The van der Waals surface area contributed by atoms with E-state index in [9.17, 15) is 8.42 Å². The molecule has 0 unspecified atom stereocenters. The van der Waals surface area contributed by atoms with Gasteiger partial charge in [-0.1, -0.05) is 59.3 Å². The summed E-state index contributed by atoms with van der Waals surface area (Å²) < 4.78 is 35.9. The molecular weight excluding hydrogens is 398 g/mol. The summed E-state index contributed by atoms with van der Waals surface area (Å²) in [6.07, 6.45) is 2.46. The lowest BCUT2D eigenvalue weighted by Gasteiger charge is -2.18. The van der Waals surface area contributed by atoms with Crippen molar-refractivity contribution in [1.29, 1.82) is 0 Å². The number of aryl methyl sites for hydroxylation is 2. The lowest BCUT2D eigenvalue weighted by atomic mass is 9.90. The molecule has 1 aliphatic rings. The number of benzene rings is 3. The van der Waals surface area contributed by atoms with Crippen molar-refractivity contribution < 1.29 is 17.4 Å². The highest BCUT2D eigenvalue weighted by Gasteiger charge is 2.20. The van der Waals surface area contributed by atoms with E-state index in [2.05, 4.69) is 5.16 Å². The molecule has 0 radical (unpaired) electrons. The van der Waals surface area contributed by atoms with Crippen LogP contribution in [0.1, 0.15) is 35.1 Å². The maximum absolute atomic E-state index is 12.5. The Labute approximate surface area is 177 Å². The second kappa shape index (κ2) is 8.71. The monoisotopic (exact) mass is 421 g/mol. The van der Waals surface area contributed by atoms with Crippen molar-refractivity contribution in [1.82, 2.24) is 0 Å². The van der Waals surface area contributed by atoms with Crippen LogP contribution < -0.4 is 4.74 Å². The number of oxime groups is 1. The third-order valence-electron chi connectivity index (χ3n) is 5.06. The lowest BCUT2D eigenvalue weighted by molar-refractivity contribution is 0.306. The summed E-state index contributed by atoms with van der Waals surface area (Å²) in [7, 11) is -3.95. The molecule has 5 nitrogen and oxygen atoms in total. The molecule has 0 fully saturated rings. The molecular formula is C24H23NO4S. The number of rotatable bonds is 6. The summed E-state index contributed by atoms with van der Waals surface area (Å²) in [6.45, 7) is 2.36. The topological polar surface area (TPSA) is 65.0 Å².